The maximum atomic E-state index is 12.4. The van der Waals surface area contributed by atoms with Crippen molar-refractivity contribution in [1.29, 1.82) is 0 Å². The van der Waals surface area contributed by atoms with Crippen LogP contribution in [0.4, 0.5) is 0 Å². The van der Waals surface area contributed by atoms with Crippen LogP contribution in [0.1, 0.15) is 25.7 Å². The Balaban J connectivity index is 2.19. The van der Waals surface area contributed by atoms with Gasteiger partial charge >= 0.3 is 0 Å². The van der Waals surface area contributed by atoms with E-state index in [9.17, 15) is 16.8 Å². The third-order valence-corrected chi connectivity index (χ3v) is 6.71. The zero-order chi connectivity index (χ0) is 16.4. The molecule has 2 unspecified atom stereocenters. The van der Waals surface area contributed by atoms with Gasteiger partial charge in [0.15, 0.2) is 9.84 Å². The molecule has 0 amide bonds. The second-order valence-electron chi connectivity index (χ2n) is 5.75. The summed E-state index contributed by atoms with van der Waals surface area (Å²) in [6.45, 7) is 0.459. The normalized spacial score (nSPS) is 23.4. The van der Waals surface area contributed by atoms with Gasteiger partial charge in [-0.05, 0) is 49.6 Å². The summed E-state index contributed by atoms with van der Waals surface area (Å²) in [6.07, 6.45) is 4.85. The lowest BCUT2D eigenvalue weighted by molar-refractivity contribution is 0.296. The Hall–Kier alpha value is -0.960. The van der Waals surface area contributed by atoms with Crippen molar-refractivity contribution in [3.63, 3.8) is 0 Å². The molecule has 124 valence electrons. The minimum atomic E-state index is -3.67. The van der Waals surface area contributed by atoms with Crippen molar-refractivity contribution >= 4 is 19.9 Å². The second-order valence-corrected chi connectivity index (χ2v) is 9.48. The molecule has 1 aromatic rings. The Labute approximate surface area is 132 Å². The highest BCUT2D eigenvalue weighted by Crippen LogP contribution is 2.25. The van der Waals surface area contributed by atoms with E-state index in [2.05, 4.69) is 4.72 Å². The first-order valence-electron chi connectivity index (χ1n) is 7.26. The lowest BCUT2D eigenvalue weighted by Gasteiger charge is -2.31. The van der Waals surface area contributed by atoms with E-state index in [1.807, 2.05) is 0 Å². The number of hydrogen-bond acceptors (Lipinski definition) is 5. The number of hydrogen-bond donors (Lipinski definition) is 2. The average molecular weight is 346 g/mol. The van der Waals surface area contributed by atoms with Crippen molar-refractivity contribution in [1.82, 2.24) is 4.72 Å². The van der Waals surface area contributed by atoms with Crippen LogP contribution in [0.5, 0.6) is 0 Å². The summed E-state index contributed by atoms with van der Waals surface area (Å²) >= 11 is 0. The van der Waals surface area contributed by atoms with Gasteiger partial charge < -0.3 is 5.73 Å². The molecule has 0 aliphatic heterocycles. The van der Waals surface area contributed by atoms with E-state index in [0.29, 0.717) is 6.54 Å². The van der Waals surface area contributed by atoms with Crippen molar-refractivity contribution < 1.29 is 16.8 Å². The molecule has 2 rings (SSSR count). The van der Waals surface area contributed by atoms with Crippen LogP contribution in [0.3, 0.4) is 0 Å². The van der Waals surface area contributed by atoms with Gasteiger partial charge in [-0.1, -0.05) is 12.8 Å². The van der Waals surface area contributed by atoms with Crippen LogP contribution in [-0.4, -0.2) is 35.7 Å². The Morgan fingerprint density at radius 3 is 2.14 bits per heavy atom. The van der Waals surface area contributed by atoms with Crippen LogP contribution < -0.4 is 10.5 Å². The van der Waals surface area contributed by atoms with E-state index >= 15 is 0 Å². The largest absolute Gasteiger partial charge is 0.330 e. The summed E-state index contributed by atoms with van der Waals surface area (Å²) in [4.78, 5) is 0.171. The minimum Gasteiger partial charge on any atom is -0.330 e. The number of rotatable bonds is 5. The maximum absolute atomic E-state index is 12.4. The quantitative estimate of drug-likeness (QED) is 0.823. The molecule has 8 heteroatoms. The van der Waals surface area contributed by atoms with Crippen LogP contribution in [0.2, 0.25) is 0 Å². The topological polar surface area (TPSA) is 106 Å². The highest BCUT2D eigenvalue weighted by Gasteiger charge is 2.28. The molecule has 3 N–H and O–H groups in total. The molecule has 0 saturated heterocycles. The lowest BCUT2D eigenvalue weighted by atomic mass is 9.85. The third kappa shape index (κ3) is 4.07. The van der Waals surface area contributed by atoms with Gasteiger partial charge in [0, 0.05) is 12.3 Å². The van der Waals surface area contributed by atoms with Gasteiger partial charge in [-0.3, -0.25) is 0 Å². The number of benzene rings is 1. The molecule has 1 saturated carbocycles. The monoisotopic (exact) mass is 346 g/mol. The summed E-state index contributed by atoms with van der Waals surface area (Å²) in [7, 11) is -7.00. The number of sulfone groups is 1. The van der Waals surface area contributed by atoms with Crippen LogP contribution in [0.15, 0.2) is 34.1 Å². The number of sulfonamides is 1. The summed E-state index contributed by atoms with van der Waals surface area (Å²) in [5, 5.41) is 0. The Morgan fingerprint density at radius 1 is 1.05 bits per heavy atom. The van der Waals surface area contributed by atoms with E-state index in [0.717, 1.165) is 31.9 Å². The molecule has 1 fully saturated rings. The van der Waals surface area contributed by atoms with Crippen molar-refractivity contribution in [2.75, 3.05) is 12.8 Å². The van der Waals surface area contributed by atoms with E-state index in [-0.39, 0.29) is 21.8 Å². The minimum absolute atomic E-state index is 0.0706. The number of nitrogens with two attached hydrogens (primary N) is 1. The summed E-state index contributed by atoms with van der Waals surface area (Å²) in [6, 6.07) is 5.10. The number of nitrogens with one attached hydrogen (secondary N) is 1. The molecular weight excluding hydrogens is 324 g/mol. The van der Waals surface area contributed by atoms with Gasteiger partial charge in [-0.15, -0.1) is 0 Å². The Bertz CT molecular complexity index is 712. The fourth-order valence-electron chi connectivity index (χ4n) is 2.78. The molecule has 0 aromatic heterocycles. The smallest absolute Gasteiger partial charge is 0.240 e. The van der Waals surface area contributed by atoms with Crippen molar-refractivity contribution in [2.24, 2.45) is 11.7 Å². The first kappa shape index (κ1) is 17.4. The second kappa shape index (κ2) is 6.66. The van der Waals surface area contributed by atoms with Gasteiger partial charge in [0.1, 0.15) is 0 Å². The SMILES string of the molecule is CS(=O)(=O)c1ccc(S(=O)(=O)NC2CCCCC2CN)cc1. The highest BCUT2D eigenvalue weighted by atomic mass is 32.2. The summed E-state index contributed by atoms with van der Waals surface area (Å²) in [5.41, 5.74) is 5.72. The third-order valence-electron chi connectivity index (χ3n) is 4.08. The molecule has 1 aliphatic rings. The average Bonchev–Trinajstić information content (AvgIpc) is 2.47. The first-order valence-corrected chi connectivity index (χ1v) is 10.6. The standard InChI is InChI=1S/C14H22N2O4S2/c1-21(17,18)12-6-8-13(9-7-12)22(19,20)16-14-5-3-2-4-11(14)10-15/h6-9,11,14,16H,2-5,10,15H2,1H3. The van der Waals surface area contributed by atoms with Gasteiger partial charge in [-0.2, -0.15) is 0 Å². The van der Waals surface area contributed by atoms with E-state index in [1.54, 1.807) is 0 Å². The van der Waals surface area contributed by atoms with Gasteiger partial charge in [-0.25, -0.2) is 21.6 Å². The van der Waals surface area contributed by atoms with Gasteiger partial charge in [0.25, 0.3) is 0 Å². The van der Waals surface area contributed by atoms with Crippen molar-refractivity contribution in [3.05, 3.63) is 24.3 Å². The first-order chi connectivity index (χ1) is 10.2. The Morgan fingerprint density at radius 2 is 1.59 bits per heavy atom. The maximum Gasteiger partial charge on any atom is 0.240 e. The van der Waals surface area contributed by atoms with Crippen LogP contribution >= 0.6 is 0 Å². The highest BCUT2D eigenvalue weighted by molar-refractivity contribution is 7.90. The predicted octanol–water partition coefficient (Wildman–Crippen LogP) is 0.886. The van der Waals surface area contributed by atoms with E-state index in [1.165, 1.54) is 24.3 Å². The van der Waals surface area contributed by atoms with Gasteiger partial charge in [0.05, 0.1) is 9.79 Å². The molecule has 0 spiro atoms. The van der Waals surface area contributed by atoms with Crippen molar-refractivity contribution in [2.45, 2.75) is 41.5 Å². The molecule has 1 aliphatic carbocycles. The molecule has 0 radical (unpaired) electrons. The van der Waals surface area contributed by atoms with Crippen molar-refractivity contribution in [3.8, 4) is 0 Å². The fourth-order valence-corrected chi connectivity index (χ4v) is 4.75. The summed E-state index contributed by atoms with van der Waals surface area (Å²) < 4.78 is 50.4. The predicted molar refractivity (Wildman–Crippen MR) is 84.7 cm³/mol. The molecular formula is C14H22N2O4S2. The molecule has 1 aromatic carbocycles. The van der Waals surface area contributed by atoms with Gasteiger partial charge in [0.2, 0.25) is 10.0 Å². The molecule has 22 heavy (non-hydrogen) atoms. The van der Waals surface area contributed by atoms with E-state index in [4.69, 9.17) is 5.73 Å². The molecule has 0 bridgehead atoms. The molecule has 6 nitrogen and oxygen atoms in total. The zero-order valence-electron chi connectivity index (χ0n) is 12.5. The Kier molecular flexibility index (Phi) is 5.26. The summed E-state index contributed by atoms with van der Waals surface area (Å²) in [5.74, 6) is 0.152. The lowest BCUT2D eigenvalue weighted by Crippen LogP contribution is -2.44. The van der Waals surface area contributed by atoms with Crippen LogP contribution in [0, 0.1) is 5.92 Å². The van der Waals surface area contributed by atoms with Crippen LogP contribution in [0.25, 0.3) is 0 Å². The van der Waals surface area contributed by atoms with E-state index < -0.39 is 19.9 Å². The molecule has 0 heterocycles. The van der Waals surface area contributed by atoms with Crippen LogP contribution in [-0.2, 0) is 19.9 Å². The zero-order valence-corrected chi connectivity index (χ0v) is 14.2. The molecule has 2 atom stereocenters. The fraction of sp³-hybridized carbons (Fsp3) is 0.571.